The molecule has 0 spiro atoms. The van der Waals surface area contributed by atoms with Crippen LogP contribution in [0.3, 0.4) is 0 Å². The monoisotopic (exact) mass is 190 g/mol. The Kier molecular flexibility index (Phi) is 2.09. The predicted molar refractivity (Wildman–Crippen MR) is 52.2 cm³/mol. The molecule has 1 N–H and O–H groups in total. The van der Waals surface area contributed by atoms with E-state index in [2.05, 4.69) is 0 Å². The Labute approximate surface area is 81.0 Å². The smallest absolute Gasteiger partial charge is 0.194 e. The van der Waals surface area contributed by atoms with Crippen LogP contribution < -0.4 is 0 Å². The molecule has 0 saturated carbocycles. The minimum atomic E-state index is -0.990. The Morgan fingerprint density at radius 3 is 2.86 bits per heavy atom. The number of fused-ring (bicyclic) bond motifs is 1. The van der Waals surface area contributed by atoms with Crippen LogP contribution in [0.2, 0.25) is 0 Å². The zero-order valence-electron chi connectivity index (χ0n) is 7.73. The van der Waals surface area contributed by atoms with Crippen molar-refractivity contribution in [2.75, 3.05) is 0 Å². The molecule has 14 heavy (non-hydrogen) atoms. The van der Waals surface area contributed by atoms with Crippen LogP contribution >= 0.6 is 0 Å². The van der Waals surface area contributed by atoms with Gasteiger partial charge in [0.05, 0.1) is 5.56 Å². The molecule has 1 unspecified atom stereocenters. The van der Waals surface area contributed by atoms with E-state index in [1.54, 1.807) is 12.1 Å². The summed E-state index contributed by atoms with van der Waals surface area (Å²) in [7, 11) is 0. The third-order valence-corrected chi connectivity index (χ3v) is 2.13. The number of aliphatic hydroxyl groups is 1. The average Bonchev–Trinajstić information content (AvgIpc) is 2.60. The molecule has 3 nitrogen and oxygen atoms in total. The summed E-state index contributed by atoms with van der Waals surface area (Å²) < 4.78 is 5.19. The van der Waals surface area contributed by atoms with Gasteiger partial charge in [0.1, 0.15) is 18.0 Å². The molecule has 72 valence electrons. The highest BCUT2D eigenvalue weighted by Gasteiger charge is 2.17. The molecule has 0 aliphatic carbocycles. The minimum absolute atomic E-state index is 0.310. The van der Waals surface area contributed by atoms with Gasteiger partial charge in [-0.1, -0.05) is 18.2 Å². The zero-order valence-corrected chi connectivity index (χ0v) is 7.73. The Morgan fingerprint density at radius 2 is 2.14 bits per heavy atom. The van der Waals surface area contributed by atoms with Crippen LogP contribution in [0.15, 0.2) is 34.9 Å². The summed E-state index contributed by atoms with van der Waals surface area (Å²) in [6, 6.07) is 7.25. The summed E-state index contributed by atoms with van der Waals surface area (Å²) in [6.07, 6.45) is 0.399. The van der Waals surface area contributed by atoms with Crippen molar-refractivity contribution < 1.29 is 14.3 Å². The van der Waals surface area contributed by atoms with Gasteiger partial charge in [-0.2, -0.15) is 0 Å². The van der Waals surface area contributed by atoms with E-state index in [-0.39, 0.29) is 5.78 Å². The van der Waals surface area contributed by atoms with Gasteiger partial charge in [0.2, 0.25) is 0 Å². The summed E-state index contributed by atoms with van der Waals surface area (Å²) >= 11 is 0. The normalized spacial score (nSPS) is 13.0. The molecule has 0 radical (unpaired) electrons. The van der Waals surface area contributed by atoms with Crippen LogP contribution in [-0.2, 0) is 0 Å². The van der Waals surface area contributed by atoms with Crippen molar-refractivity contribution in [3.63, 3.8) is 0 Å². The third kappa shape index (κ3) is 1.32. The van der Waals surface area contributed by atoms with Crippen LogP contribution in [0.4, 0.5) is 0 Å². The van der Waals surface area contributed by atoms with Crippen molar-refractivity contribution in [1.82, 2.24) is 0 Å². The third-order valence-electron chi connectivity index (χ3n) is 2.13. The van der Waals surface area contributed by atoms with Crippen molar-refractivity contribution in [2.45, 2.75) is 13.0 Å². The fourth-order valence-corrected chi connectivity index (χ4v) is 1.39. The SMILES string of the molecule is CC(O)C(=O)c1coc2ccccc12. The molecule has 0 bridgehead atoms. The number of hydrogen-bond donors (Lipinski definition) is 1. The number of hydrogen-bond acceptors (Lipinski definition) is 3. The van der Waals surface area contributed by atoms with Crippen LogP contribution in [0.1, 0.15) is 17.3 Å². The lowest BCUT2D eigenvalue weighted by atomic mass is 10.1. The van der Waals surface area contributed by atoms with E-state index in [0.717, 1.165) is 5.39 Å². The van der Waals surface area contributed by atoms with Crippen molar-refractivity contribution in [1.29, 1.82) is 0 Å². The first kappa shape index (κ1) is 8.97. The van der Waals surface area contributed by atoms with Crippen LogP contribution in [0.25, 0.3) is 11.0 Å². The van der Waals surface area contributed by atoms with Gasteiger partial charge in [0, 0.05) is 5.39 Å². The number of aliphatic hydroxyl groups excluding tert-OH is 1. The summed E-state index contributed by atoms with van der Waals surface area (Å²) in [5.41, 5.74) is 1.10. The number of rotatable bonds is 2. The maximum absolute atomic E-state index is 11.5. The molecular formula is C11H10O3. The fraction of sp³-hybridized carbons (Fsp3) is 0.182. The number of carbonyl (C=O) groups is 1. The lowest BCUT2D eigenvalue weighted by Crippen LogP contribution is -2.15. The van der Waals surface area contributed by atoms with Gasteiger partial charge in [-0.05, 0) is 13.0 Å². The van der Waals surface area contributed by atoms with E-state index in [1.165, 1.54) is 13.2 Å². The number of carbonyl (C=O) groups excluding carboxylic acids is 1. The van der Waals surface area contributed by atoms with Crippen molar-refractivity contribution in [3.05, 3.63) is 36.1 Å². The highest BCUT2D eigenvalue weighted by atomic mass is 16.3. The van der Waals surface area contributed by atoms with E-state index in [4.69, 9.17) is 9.52 Å². The molecule has 0 amide bonds. The minimum Gasteiger partial charge on any atom is -0.464 e. The van der Waals surface area contributed by atoms with Gasteiger partial charge in [0.15, 0.2) is 5.78 Å². The second-order valence-corrected chi connectivity index (χ2v) is 3.19. The number of furan rings is 1. The molecule has 3 heteroatoms. The Morgan fingerprint density at radius 1 is 1.43 bits per heavy atom. The van der Waals surface area contributed by atoms with E-state index >= 15 is 0 Å². The van der Waals surface area contributed by atoms with E-state index in [1.807, 2.05) is 12.1 Å². The number of Topliss-reactive ketones (excluding diaryl/α,β-unsaturated/α-hetero) is 1. The Balaban J connectivity index is 2.58. The number of benzene rings is 1. The average molecular weight is 190 g/mol. The van der Waals surface area contributed by atoms with Gasteiger partial charge in [-0.3, -0.25) is 4.79 Å². The summed E-state index contributed by atoms with van der Waals surface area (Å²) in [5.74, 6) is -0.310. The van der Waals surface area contributed by atoms with E-state index in [9.17, 15) is 4.79 Å². The van der Waals surface area contributed by atoms with Gasteiger partial charge < -0.3 is 9.52 Å². The molecule has 2 aromatic rings. The van der Waals surface area contributed by atoms with Gasteiger partial charge >= 0.3 is 0 Å². The van der Waals surface area contributed by atoms with Gasteiger partial charge in [-0.15, -0.1) is 0 Å². The first-order chi connectivity index (χ1) is 6.70. The molecule has 1 heterocycles. The molecule has 1 aromatic carbocycles. The predicted octanol–water partition coefficient (Wildman–Crippen LogP) is 2.00. The molecule has 0 fully saturated rings. The van der Waals surface area contributed by atoms with Gasteiger partial charge in [0.25, 0.3) is 0 Å². The van der Waals surface area contributed by atoms with Crippen LogP contribution in [0.5, 0.6) is 0 Å². The standard InChI is InChI=1S/C11H10O3/c1-7(12)11(13)9-6-14-10-5-3-2-4-8(9)10/h2-7,12H,1H3. The zero-order chi connectivity index (χ0) is 10.1. The second kappa shape index (κ2) is 3.27. The van der Waals surface area contributed by atoms with Crippen molar-refractivity contribution in [3.8, 4) is 0 Å². The topological polar surface area (TPSA) is 50.4 Å². The molecule has 1 atom stereocenters. The lowest BCUT2D eigenvalue weighted by molar-refractivity contribution is 0.0780. The van der Waals surface area contributed by atoms with Crippen molar-refractivity contribution >= 4 is 16.8 Å². The largest absolute Gasteiger partial charge is 0.464 e. The quantitative estimate of drug-likeness (QED) is 0.737. The molecule has 0 aliphatic heterocycles. The molecule has 1 aromatic heterocycles. The van der Waals surface area contributed by atoms with E-state index < -0.39 is 6.10 Å². The number of para-hydroxylation sites is 1. The molecule has 0 saturated heterocycles. The lowest BCUT2D eigenvalue weighted by Gasteiger charge is -1.99. The Hall–Kier alpha value is -1.61. The molecule has 2 rings (SSSR count). The summed E-state index contributed by atoms with van der Waals surface area (Å²) in [6.45, 7) is 1.45. The van der Waals surface area contributed by atoms with Gasteiger partial charge in [-0.25, -0.2) is 0 Å². The molecule has 0 aliphatic rings. The second-order valence-electron chi connectivity index (χ2n) is 3.19. The summed E-state index contributed by atoms with van der Waals surface area (Å²) in [5, 5.41) is 9.91. The number of ketones is 1. The molecular weight excluding hydrogens is 180 g/mol. The fourth-order valence-electron chi connectivity index (χ4n) is 1.39. The maximum Gasteiger partial charge on any atom is 0.194 e. The highest BCUT2D eigenvalue weighted by molar-refractivity contribution is 6.08. The highest BCUT2D eigenvalue weighted by Crippen LogP contribution is 2.21. The maximum atomic E-state index is 11.5. The van der Waals surface area contributed by atoms with E-state index in [0.29, 0.717) is 11.1 Å². The summed E-state index contributed by atoms with van der Waals surface area (Å²) in [4.78, 5) is 11.5. The van der Waals surface area contributed by atoms with Crippen LogP contribution in [0, 0.1) is 0 Å². The first-order valence-corrected chi connectivity index (χ1v) is 4.38. The first-order valence-electron chi connectivity index (χ1n) is 4.38. The van der Waals surface area contributed by atoms with Crippen LogP contribution in [-0.4, -0.2) is 17.0 Å². The van der Waals surface area contributed by atoms with Crippen molar-refractivity contribution in [2.24, 2.45) is 0 Å². The Bertz CT molecular complexity index is 468.